The average molecular weight is 246 g/mol. The summed E-state index contributed by atoms with van der Waals surface area (Å²) >= 11 is 0. The van der Waals surface area contributed by atoms with Gasteiger partial charge in [0.1, 0.15) is 0 Å². The minimum atomic E-state index is 0.629. The molecule has 96 valence electrons. The van der Waals surface area contributed by atoms with Crippen molar-refractivity contribution < 1.29 is 0 Å². The van der Waals surface area contributed by atoms with Gasteiger partial charge in [-0.1, -0.05) is 0 Å². The normalized spacial score (nSPS) is 10.6. The van der Waals surface area contributed by atoms with Crippen molar-refractivity contribution in [2.75, 3.05) is 18.4 Å². The van der Waals surface area contributed by atoms with E-state index in [-0.39, 0.29) is 0 Å². The van der Waals surface area contributed by atoms with Crippen molar-refractivity contribution in [3.05, 3.63) is 24.2 Å². The SMILES string of the molecule is Cc1c(-c2ccnc(NCCCN)n2)cnn1C. The molecule has 2 aromatic heterocycles. The van der Waals surface area contributed by atoms with E-state index in [4.69, 9.17) is 5.73 Å². The zero-order valence-corrected chi connectivity index (χ0v) is 10.7. The van der Waals surface area contributed by atoms with E-state index in [1.54, 1.807) is 6.20 Å². The quantitative estimate of drug-likeness (QED) is 0.767. The fourth-order valence-electron chi connectivity index (χ4n) is 1.65. The first kappa shape index (κ1) is 12.5. The number of hydrogen-bond acceptors (Lipinski definition) is 5. The molecule has 0 aromatic carbocycles. The summed E-state index contributed by atoms with van der Waals surface area (Å²) in [5, 5.41) is 7.37. The van der Waals surface area contributed by atoms with Crippen LogP contribution < -0.4 is 11.1 Å². The van der Waals surface area contributed by atoms with Gasteiger partial charge in [0.2, 0.25) is 5.95 Å². The van der Waals surface area contributed by atoms with E-state index < -0.39 is 0 Å². The second kappa shape index (κ2) is 5.59. The van der Waals surface area contributed by atoms with Crippen molar-refractivity contribution in [2.24, 2.45) is 12.8 Å². The number of nitrogens with zero attached hydrogens (tertiary/aromatic N) is 4. The fraction of sp³-hybridized carbons (Fsp3) is 0.417. The molecule has 0 spiro atoms. The molecule has 0 aliphatic rings. The first-order valence-electron chi connectivity index (χ1n) is 5.98. The zero-order chi connectivity index (χ0) is 13.0. The van der Waals surface area contributed by atoms with Crippen LogP contribution in [0.2, 0.25) is 0 Å². The number of nitrogens with one attached hydrogen (secondary N) is 1. The zero-order valence-electron chi connectivity index (χ0n) is 10.7. The maximum absolute atomic E-state index is 5.44. The first-order valence-corrected chi connectivity index (χ1v) is 5.98. The summed E-state index contributed by atoms with van der Waals surface area (Å²) in [5.74, 6) is 0.629. The topological polar surface area (TPSA) is 81.7 Å². The largest absolute Gasteiger partial charge is 0.354 e. The van der Waals surface area contributed by atoms with Crippen LogP contribution in [0, 0.1) is 6.92 Å². The molecule has 0 amide bonds. The Kier molecular flexibility index (Phi) is 3.88. The van der Waals surface area contributed by atoms with Gasteiger partial charge in [-0.05, 0) is 26.0 Å². The third-order valence-electron chi connectivity index (χ3n) is 2.83. The molecular formula is C12H18N6. The summed E-state index contributed by atoms with van der Waals surface area (Å²) < 4.78 is 1.83. The van der Waals surface area contributed by atoms with Crippen LogP contribution in [0.3, 0.4) is 0 Å². The summed E-state index contributed by atoms with van der Waals surface area (Å²) in [6.07, 6.45) is 4.47. The maximum Gasteiger partial charge on any atom is 0.223 e. The highest BCUT2D eigenvalue weighted by molar-refractivity contribution is 5.61. The summed E-state index contributed by atoms with van der Waals surface area (Å²) in [4.78, 5) is 8.66. The molecule has 0 bridgehead atoms. The van der Waals surface area contributed by atoms with E-state index in [2.05, 4.69) is 20.4 Å². The van der Waals surface area contributed by atoms with Crippen LogP contribution >= 0.6 is 0 Å². The molecule has 2 aromatic rings. The Balaban J connectivity index is 2.19. The van der Waals surface area contributed by atoms with E-state index in [0.717, 1.165) is 29.9 Å². The predicted octanol–water partition coefficient (Wildman–Crippen LogP) is 0.946. The highest BCUT2D eigenvalue weighted by Gasteiger charge is 2.08. The molecule has 6 heteroatoms. The molecule has 2 rings (SSSR count). The van der Waals surface area contributed by atoms with Crippen molar-refractivity contribution in [3.63, 3.8) is 0 Å². The molecule has 0 radical (unpaired) electrons. The van der Waals surface area contributed by atoms with Gasteiger partial charge in [-0.2, -0.15) is 5.10 Å². The van der Waals surface area contributed by atoms with Crippen molar-refractivity contribution in [2.45, 2.75) is 13.3 Å². The van der Waals surface area contributed by atoms with Crippen LogP contribution in [0.5, 0.6) is 0 Å². The number of hydrogen-bond donors (Lipinski definition) is 2. The minimum Gasteiger partial charge on any atom is -0.354 e. The van der Waals surface area contributed by atoms with Crippen LogP contribution in [0.1, 0.15) is 12.1 Å². The van der Waals surface area contributed by atoms with Gasteiger partial charge in [-0.3, -0.25) is 4.68 Å². The molecule has 3 N–H and O–H groups in total. The van der Waals surface area contributed by atoms with Crippen molar-refractivity contribution in [3.8, 4) is 11.3 Å². The lowest BCUT2D eigenvalue weighted by Crippen LogP contribution is -2.10. The van der Waals surface area contributed by atoms with E-state index in [1.165, 1.54) is 0 Å². The Hall–Kier alpha value is -1.95. The first-order chi connectivity index (χ1) is 8.72. The Morgan fingerprint density at radius 1 is 1.44 bits per heavy atom. The van der Waals surface area contributed by atoms with Crippen LogP contribution in [0.4, 0.5) is 5.95 Å². The molecule has 0 aliphatic heterocycles. The standard InChI is InChI=1S/C12H18N6/c1-9-10(8-16-18(9)2)11-4-7-15-12(17-11)14-6-3-5-13/h4,7-8H,3,5-6,13H2,1-2H3,(H,14,15,17). The third kappa shape index (κ3) is 2.65. The molecule has 0 saturated heterocycles. The van der Waals surface area contributed by atoms with Crippen LogP contribution in [0.15, 0.2) is 18.5 Å². The molecule has 18 heavy (non-hydrogen) atoms. The average Bonchev–Trinajstić information content (AvgIpc) is 2.71. The van der Waals surface area contributed by atoms with Crippen molar-refractivity contribution in [1.82, 2.24) is 19.7 Å². The van der Waals surface area contributed by atoms with Gasteiger partial charge in [-0.25, -0.2) is 9.97 Å². The minimum absolute atomic E-state index is 0.629. The molecule has 0 aliphatic carbocycles. The Morgan fingerprint density at radius 3 is 2.94 bits per heavy atom. The molecule has 0 saturated carbocycles. The molecule has 2 heterocycles. The lowest BCUT2D eigenvalue weighted by Gasteiger charge is -2.05. The Bertz CT molecular complexity index is 519. The van der Waals surface area contributed by atoms with E-state index in [1.807, 2.05) is 30.9 Å². The monoisotopic (exact) mass is 246 g/mol. The van der Waals surface area contributed by atoms with E-state index in [0.29, 0.717) is 12.5 Å². The van der Waals surface area contributed by atoms with Gasteiger partial charge in [0, 0.05) is 31.0 Å². The molecular weight excluding hydrogens is 228 g/mol. The highest BCUT2D eigenvalue weighted by Crippen LogP contribution is 2.20. The Morgan fingerprint density at radius 2 is 2.28 bits per heavy atom. The summed E-state index contributed by atoms with van der Waals surface area (Å²) in [7, 11) is 1.92. The van der Waals surface area contributed by atoms with E-state index >= 15 is 0 Å². The lowest BCUT2D eigenvalue weighted by molar-refractivity contribution is 0.740. The second-order valence-corrected chi connectivity index (χ2v) is 4.10. The summed E-state index contributed by atoms with van der Waals surface area (Å²) in [6, 6.07) is 1.89. The van der Waals surface area contributed by atoms with Gasteiger partial charge in [0.05, 0.1) is 11.9 Å². The van der Waals surface area contributed by atoms with Gasteiger partial charge >= 0.3 is 0 Å². The highest BCUT2D eigenvalue weighted by atomic mass is 15.3. The molecule has 6 nitrogen and oxygen atoms in total. The fourth-order valence-corrected chi connectivity index (χ4v) is 1.65. The van der Waals surface area contributed by atoms with Crippen LogP contribution in [-0.2, 0) is 7.05 Å². The molecule has 0 fully saturated rings. The van der Waals surface area contributed by atoms with Crippen molar-refractivity contribution >= 4 is 5.95 Å². The smallest absolute Gasteiger partial charge is 0.223 e. The summed E-state index contributed by atoms with van der Waals surface area (Å²) in [6.45, 7) is 3.46. The maximum atomic E-state index is 5.44. The lowest BCUT2D eigenvalue weighted by atomic mass is 10.2. The summed E-state index contributed by atoms with van der Waals surface area (Å²) in [5.41, 5.74) is 8.44. The van der Waals surface area contributed by atoms with E-state index in [9.17, 15) is 0 Å². The number of aryl methyl sites for hydroxylation is 1. The predicted molar refractivity (Wildman–Crippen MR) is 71.1 cm³/mol. The third-order valence-corrected chi connectivity index (χ3v) is 2.83. The molecule has 0 unspecified atom stereocenters. The number of rotatable bonds is 5. The van der Waals surface area contributed by atoms with Gasteiger partial charge < -0.3 is 11.1 Å². The molecule has 0 atom stereocenters. The van der Waals surface area contributed by atoms with Gasteiger partial charge in [0.15, 0.2) is 0 Å². The van der Waals surface area contributed by atoms with Gasteiger partial charge in [0.25, 0.3) is 0 Å². The second-order valence-electron chi connectivity index (χ2n) is 4.10. The Labute approximate surface area is 106 Å². The number of aromatic nitrogens is 4. The van der Waals surface area contributed by atoms with Crippen LogP contribution in [-0.4, -0.2) is 32.8 Å². The van der Waals surface area contributed by atoms with Crippen molar-refractivity contribution in [1.29, 1.82) is 0 Å². The van der Waals surface area contributed by atoms with Gasteiger partial charge in [-0.15, -0.1) is 0 Å². The van der Waals surface area contributed by atoms with Crippen LogP contribution in [0.25, 0.3) is 11.3 Å². The number of anilines is 1. The number of nitrogens with two attached hydrogens (primary N) is 1.